The highest BCUT2D eigenvalue weighted by atomic mass is 32.1. The quantitative estimate of drug-likeness (QED) is 0.0961. The number of nitrogen functional groups attached to an aromatic ring is 1. The minimum atomic E-state index is -0.853. The van der Waals surface area contributed by atoms with Crippen molar-refractivity contribution in [2.45, 2.75) is 128 Å². The zero-order chi connectivity index (χ0) is 49.6. The molecule has 6 N–H and O–H groups in total. The second kappa shape index (κ2) is 20.1. The molecule has 0 spiro atoms. The summed E-state index contributed by atoms with van der Waals surface area (Å²) in [6, 6.07) is 16.2. The van der Waals surface area contributed by atoms with E-state index in [-0.39, 0.29) is 61.0 Å². The lowest BCUT2D eigenvalue weighted by atomic mass is 9.76. The Morgan fingerprint density at radius 1 is 0.887 bits per heavy atom. The predicted molar refractivity (Wildman–Crippen MR) is 273 cm³/mol. The van der Waals surface area contributed by atoms with Gasteiger partial charge in [-0.25, -0.2) is 15.0 Å². The number of rotatable bonds is 13. The third-order valence-electron chi connectivity index (χ3n) is 15.6. The largest absolute Gasteiger partial charge is 0.507 e. The van der Waals surface area contributed by atoms with Gasteiger partial charge in [-0.15, -0.1) is 21.5 Å². The highest BCUT2D eigenvalue weighted by Gasteiger charge is 2.46. The lowest BCUT2D eigenvalue weighted by Crippen LogP contribution is -2.58. The number of benzene rings is 2. The van der Waals surface area contributed by atoms with Crippen LogP contribution < -0.4 is 26.2 Å². The summed E-state index contributed by atoms with van der Waals surface area (Å²) in [6.45, 7) is 11.5. The molecule has 5 aliphatic rings. The topological polar surface area (TPSA) is 219 Å². The lowest BCUT2D eigenvalue weighted by molar-refractivity contribution is -0.144. The summed E-state index contributed by atoms with van der Waals surface area (Å²) in [5, 5.41) is 35.7. The van der Waals surface area contributed by atoms with Crippen LogP contribution in [0.25, 0.3) is 21.7 Å². The van der Waals surface area contributed by atoms with Crippen LogP contribution in [0.2, 0.25) is 0 Å². The van der Waals surface area contributed by atoms with E-state index in [0.717, 1.165) is 98.0 Å². The monoisotopic (exact) mass is 982 g/mol. The van der Waals surface area contributed by atoms with Gasteiger partial charge in [-0.1, -0.05) is 57.2 Å². The molecule has 5 fully saturated rings. The van der Waals surface area contributed by atoms with Gasteiger partial charge in [0, 0.05) is 75.1 Å². The van der Waals surface area contributed by atoms with Crippen molar-refractivity contribution in [3.63, 3.8) is 0 Å². The number of nitrogens with one attached hydrogen (secondary N) is 2. The number of piperidine rings is 1. The molecule has 1 aliphatic carbocycles. The fourth-order valence-corrected chi connectivity index (χ4v) is 12.4. The van der Waals surface area contributed by atoms with Crippen LogP contribution in [0.3, 0.4) is 0 Å². The molecule has 3 amide bonds. The standard InChI is InChI=1S/C53H66N12O5S/c1-31-47(71-30-58-31)35-11-9-32(10-12-35)24-55-50(69)44-22-40(66)29-64(44)51(70)48(53(2,3)4)59-46(68)21-33-19-39(20-33)62-17-15-34(16-18-62)36-25-56-52(57-26-36)65-37-13-14-38(65)28-63(27-37)43-23-42(60-61-49(43)54)41-7-5-6-8-45(41)67/h5-12,23,25-26,30,33-34,37-40,44,48,66-67H,13-22,24,27-29H2,1-4H3,(H2,54,61)(H,55,69)(H,59,68)/t33?,37?,38?,39?,40-,44+,48-/m1/s1. The smallest absolute Gasteiger partial charge is 0.246 e. The number of hydrogen-bond donors (Lipinski definition) is 5. The Balaban J connectivity index is 0.673. The lowest BCUT2D eigenvalue weighted by Gasteiger charge is -2.46. The molecule has 374 valence electrons. The molecule has 7 heterocycles. The summed E-state index contributed by atoms with van der Waals surface area (Å²) in [6.07, 6.45) is 9.72. The average Bonchev–Trinajstić information content (AvgIpc) is 4.04. The highest BCUT2D eigenvalue weighted by molar-refractivity contribution is 7.13. The number of nitrogens with two attached hydrogens (primary N) is 1. The number of aromatic nitrogens is 5. The molecular formula is C53H66N12O5S. The molecule has 3 aromatic heterocycles. The Morgan fingerprint density at radius 2 is 1.59 bits per heavy atom. The summed E-state index contributed by atoms with van der Waals surface area (Å²) in [7, 11) is 0. The first-order valence-corrected chi connectivity index (χ1v) is 26.1. The van der Waals surface area contributed by atoms with Gasteiger partial charge in [0.1, 0.15) is 17.8 Å². The number of carbonyl (C=O) groups excluding carboxylic acids is 3. The molecule has 17 nitrogen and oxygen atoms in total. The number of anilines is 3. The van der Waals surface area contributed by atoms with Crippen LogP contribution in [-0.4, -0.2) is 132 Å². The van der Waals surface area contributed by atoms with Crippen LogP contribution in [0.5, 0.6) is 5.75 Å². The van der Waals surface area contributed by atoms with Crippen molar-refractivity contribution in [3.8, 4) is 27.4 Å². The van der Waals surface area contributed by atoms with Crippen LogP contribution in [0, 0.1) is 18.3 Å². The molecule has 71 heavy (non-hydrogen) atoms. The Labute approximate surface area is 419 Å². The zero-order valence-electron chi connectivity index (χ0n) is 41.1. The van der Waals surface area contributed by atoms with Gasteiger partial charge in [0.05, 0.1) is 33.6 Å². The van der Waals surface area contributed by atoms with E-state index in [1.807, 2.05) is 88.1 Å². The Bertz CT molecular complexity index is 2700. The number of aliphatic hydroxyl groups excluding tert-OH is 1. The molecule has 5 atom stereocenters. The van der Waals surface area contributed by atoms with Gasteiger partial charge < -0.3 is 46.2 Å². The van der Waals surface area contributed by atoms with Crippen LogP contribution in [0.1, 0.15) is 94.9 Å². The summed E-state index contributed by atoms with van der Waals surface area (Å²) < 4.78 is 0. The van der Waals surface area contributed by atoms with Crippen molar-refractivity contribution in [1.82, 2.24) is 45.6 Å². The molecule has 2 unspecified atom stereocenters. The molecule has 5 aromatic rings. The fraction of sp³-hybridized carbons (Fsp3) is 0.509. The molecule has 2 aromatic carbocycles. The maximum absolute atomic E-state index is 14.2. The number of β-amino-alcohol motifs (C(OH)–C–C–N with tert-alkyl or cyclic N) is 1. The van der Waals surface area contributed by atoms with Crippen LogP contribution in [0.4, 0.5) is 17.5 Å². The van der Waals surface area contributed by atoms with Gasteiger partial charge in [-0.3, -0.25) is 14.4 Å². The number of aromatic hydroxyl groups is 1. The zero-order valence-corrected chi connectivity index (χ0v) is 41.9. The van der Waals surface area contributed by atoms with E-state index < -0.39 is 23.6 Å². The predicted octanol–water partition coefficient (Wildman–Crippen LogP) is 5.67. The van der Waals surface area contributed by atoms with E-state index in [1.54, 1.807) is 23.5 Å². The number of fused-ring (bicyclic) bond motifs is 2. The third kappa shape index (κ3) is 10.3. The first-order valence-electron chi connectivity index (χ1n) is 25.2. The number of piperazine rings is 1. The Morgan fingerprint density at radius 3 is 2.25 bits per heavy atom. The van der Waals surface area contributed by atoms with Crippen molar-refractivity contribution in [3.05, 3.63) is 89.3 Å². The number of nitrogens with zero attached hydrogens (tertiary/aromatic N) is 9. The molecule has 2 bridgehead atoms. The molecule has 10 rings (SSSR count). The van der Waals surface area contributed by atoms with E-state index in [4.69, 9.17) is 15.7 Å². The number of carbonyl (C=O) groups is 3. The SMILES string of the molecule is Cc1ncsc1-c1ccc(CNC(=O)[C@@H]2C[C@@H](O)CN2C(=O)[C@@H](NC(=O)CC2CC(N3CCC(c4cnc(N5C6CCC5CN(c5cc(-c7ccccc7O)nnc5N)C6)nc4)CC3)C2)C(C)(C)C)cc1. The van der Waals surface area contributed by atoms with Crippen molar-refractivity contribution in [2.75, 3.05) is 48.3 Å². The average molecular weight is 983 g/mol. The molecule has 1 saturated carbocycles. The van der Waals surface area contributed by atoms with Gasteiger partial charge in [0.15, 0.2) is 5.82 Å². The van der Waals surface area contributed by atoms with Crippen molar-refractivity contribution in [2.24, 2.45) is 11.3 Å². The van der Waals surface area contributed by atoms with Crippen LogP contribution >= 0.6 is 11.3 Å². The van der Waals surface area contributed by atoms with E-state index >= 15 is 0 Å². The molecule has 0 radical (unpaired) electrons. The molecule has 4 aliphatic heterocycles. The number of hydrogen-bond acceptors (Lipinski definition) is 15. The van der Waals surface area contributed by atoms with Crippen molar-refractivity contribution >= 4 is 46.5 Å². The normalized spacial score (nSPS) is 24.2. The van der Waals surface area contributed by atoms with E-state index in [1.165, 1.54) is 10.5 Å². The van der Waals surface area contributed by atoms with Gasteiger partial charge in [-0.05, 0) is 111 Å². The summed E-state index contributed by atoms with van der Waals surface area (Å²) >= 11 is 1.59. The van der Waals surface area contributed by atoms with E-state index in [2.05, 4.69) is 40.5 Å². The Hall–Kier alpha value is -6.24. The first-order chi connectivity index (χ1) is 34.2. The van der Waals surface area contributed by atoms with Gasteiger partial charge in [0.2, 0.25) is 23.7 Å². The number of phenols is 1. The number of aliphatic hydroxyl groups is 1. The molecular weight excluding hydrogens is 917 g/mol. The molecule has 4 saturated heterocycles. The maximum Gasteiger partial charge on any atom is 0.246 e. The Kier molecular flexibility index (Phi) is 13.7. The van der Waals surface area contributed by atoms with Crippen molar-refractivity contribution < 1.29 is 24.6 Å². The molecule has 18 heteroatoms. The number of amides is 3. The van der Waals surface area contributed by atoms with E-state index in [9.17, 15) is 24.6 Å². The van der Waals surface area contributed by atoms with Gasteiger partial charge >= 0.3 is 0 Å². The second-order valence-electron chi connectivity index (χ2n) is 21.5. The van der Waals surface area contributed by atoms with Gasteiger partial charge in [-0.2, -0.15) is 0 Å². The number of para-hydroxylation sites is 1. The highest BCUT2D eigenvalue weighted by Crippen LogP contribution is 2.41. The minimum absolute atomic E-state index is 0.0364. The number of phenolic OH excluding ortho intramolecular Hbond substituents is 1. The van der Waals surface area contributed by atoms with Crippen molar-refractivity contribution in [1.29, 1.82) is 0 Å². The number of likely N-dealkylation sites (tertiary alicyclic amines) is 2. The van der Waals surface area contributed by atoms with E-state index in [0.29, 0.717) is 35.5 Å². The van der Waals surface area contributed by atoms with Crippen LogP contribution in [0.15, 0.2) is 72.5 Å². The summed E-state index contributed by atoms with van der Waals surface area (Å²) in [5.74, 6) is 1.09. The van der Waals surface area contributed by atoms with Crippen LogP contribution in [-0.2, 0) is 20.9 Å². The summed E-state index contributed by atoms with van der Waals surface area (Å²) in [5.41, 5.74) is 13.8. The fourth-order valence-electron chi connectivity index (χ4n) is 11.6. The first kappa shape index (κ1) is 48.4. The third-order valence-corrected chi connectivity index (χ3v) is 16.6. The second-order valence-corrected chi connectivity index (χ2v) is 22.3. The maximum atomic E-state index is 14.2. The number of aryl methyl sites for hydroxylation is 1. The van der Waals surface area contributed by atoms with Gasteiger partial charge in [0.25, 0.3) is 0 Å². The summed E-state index contributed by atoms with van der Waals surface area (Å²) in [4.78, 5) is 65.4. The number of thiazole rings is 1. The minimum Gasteiger partial charge on any atom is -0.507 e.